The molecule has 0 atom stereocenters. The van der Waals surface area contributed by atoms with E-state index in [-0.39, 0.29) is 11.5 Å². The molecule has 0 N–H and O–H groups in total. The van der Waals surface area contributed by atoms with Gasteiger partial charge in [-0.1, -0.05) is 0 Å². The lowest BCUT2D eigenvalue weighted by molar-refractivity contribution is 0.0519. The Hall–Kier alpha value is -2.17. The molecule has 0 radical (unpaired) electrons. The molecule has 0 saturated heterocycles. The summed E-state index contributed by atoms with van der Waals surface area (Å²) in [6.45, 7) is 3.86. The van der Waals surface area contributed by atoms with Crippen LogP contribution in [0.3, 0.4) is 0 Å². The Morgan fingerprint density at radius 3 is 2.67 bits per heavy atom. The number of hydrogen-bond donors (Lipinski definition) is 0. The second kappa shape index (κ2) is 5.00. The van der Waals surface area contributed by atoms with Gasteiger partial charge in [-0.05, 0) is 44.2 Å². The van der Waals surface area contributed by atoms with Crippen LogP contribution in [0, 0.1) is 12.7 Å². The summed E-state index contributed by atoms with van der Waals surface area (Å²) in [6, 6.07) is 7.54. The van der Waals surface area contributed by atoms with Crippen LogP contribution in [0.5, 0.6) is 0 Å². The smallest absolute Gasteiger partial charge is 0.358 e. The number of benzene rings is 1. The summed E-state index contributed by atoms with van der Waals surface area (Å²) >= 11 is 0. The number of rotatable bonds is 3. The van der Waals surface area contributed by atoms with Crippen molar-refractivity contribution in [1.82, 2.24) is 9.78 Å². The van der Waals surface area contributed by atoms with Crippen molar-refractivity contribution in [3.63, 3.8) is 0 Å². The van der Waals surface area contributed by atoms with E-state index in [1.165, 1.54) is 12.1 Å². The molecule has 2 rings (SSSR count). The number of hydrogen-bond acceptors (Lipinski definition) is 3. The van der Waals surface area contributed by atoms with Crippen molar-refractivity contribution in [2.24, 2.45) is 0 Å². The van der Waals surface area contributed by atoms with E-state index in [4.69, 9.17) is 4.74 Å². The van der Waals surface area contributed by atoms with Gasteiger partial charge in [0.2, 0.25) is 0 Å². The van der Waals surface area contributed by atoms with E-state index in [1.807, 2.05) is 6.92 Å². The van der Waals surface area contributed by atoms with E-state index in [0.29, 0.717) is 12.3 Å². The van der Waals surface area contributed by atoms with E-state index in [2.05, 4.69) is 5.10 Å². The van der Waals surface area contributed by atoms with Crippen molar-refractivity contribution in [2.75, 3.05) is 6.61 Å². The first kappa shape index (κ1) is 12.3. The summed E-state index contributed by atoms with van der Waals surface area (Å²) in [7, 11) is 0. The summed E-state index contributed by atoms with van der Waals surface area (Å²) in [5.74, 6) is -0.768. The summed E-state index contributed by atoms with van der Waals surface area (Å²) < 4.78 is 19.3. The second-order valence-electron chi connectivity index (χ2n) is 3.78. The summed E-state index contributed by atoms with van der Waals surface area (Å²) in [6.07, 6.45) is 0. The van der Waals surface area contributed by atoms with E-state index in [9.17, 15) is 9.18 Å². The van der Waals surface area contributed by atoms with E-state index < -0.39 is 5.97 Å². The number of nitrogens with zero attached hydrogens (tertiary/aromatic N) is 2. The molecule has 0 amide bonds. The third kappa shape index (κ3) is 2.40. The maximum Gasteiger partial charge on any atom is 0.358 e. The molecule has 1 aromatic heterocycles. The molecule has 4 nitrogen and oxygen atoms in total. The first-order valence-corrected chi connectivity index (χ1v) is 5.61. The fourth-order valence-electron chi connectivity index (χ4n) is 1.62. The third-order valence-electron chi connectivity index (χ3n) is 2.44. The number of carbonyl (C=O) groups excluding carboxylic acids is 1. The molecule has 0 bridgehead atoms. The predicted octanol–water partition coefficient (Wildman–Crippen LogP) is 2.50. The molecule has 0 unspecified atom stereocenters. The minimum Gasteiger partial charge on any atom is -0.461 e. The zero-order valence-electron chi connectivity index (χ0n) is 10.2. The molecule has 0 fully saturated rings. The van der Waals surface area contributed by atoms with Gasteiger partial charge in [0, 0.05) is 5.69 Å². The van der Waals surface area contributed by atoms with Gasteiger partial charge in [0.05, 0.1) is 12.3 Å². The highest BCUT2D eigenvalue weighted by Crippen LogP contribution is 2.13. The van der Waals surface area contributed by atoms with Crippen molar-refractivity contribution in [3.05, 3.63) is 47.5 Å². The molecule has 2 aromatic rings. The maximum atomic E-state index is 12.8. The summed E-state index contributed by atoms with van der Waals surface area (Å²) in [4.78, 5) is 11.5. The topological polar surface area (TPSA) is 44.1 Å². The number of aromatic nitrogens is 2. The molecular weight excluding hydrogens is 235 g/mol. The van der Waals surface area contributed by atoms with Crippen LogP contribution in [0.2, 0.25) is 0 Å². The Kier molecular flexibility index (Phi) is 3.41. The molecule has 0 saturated carbocycles. The molecule has 94 valence electrons. The lowest BCUT2D eigenvalue weighted by Gasteiger charge is -2.03. The number of aryl methyl sites for hydroxylation is 1. The monoisotopic (exact) mass is 248 g/mol. The van der Waals surface area contributed by atoms with Crippen LogP contribution in [0.4, 0.5) is 4.39 Å². The standard InChI is InChI=1S/C13H13FN2O2/c1-3-18-13(17)12-8-9(2)16(15-12)11-6-4-10(14)5-7-11/h4-8H,3H2,1-2H3. The minimum absolute atomic E-state index is 0.249. The van der Waals surface area contributed by atoms with Gasteiger partial charge in [-0.25, -0.2) is 13.9 Å². The average Bonchev–Trinajstić information content (AvgIpc) is 2.73. The van der Waals surface area contributed by atoms with Crippen LogP contribution >= 0.6 is 0 Å². The number of esters is 1. The quantitative estimate of drug-likeness (QED) is 0.784. The van der Waals surface area contributed by atoms with E-state index in [1.54, 1.807) is 29.8 Å². The number of ether oxygens (including phenoxy) is 1. The van der Waals surface area contributed by atoms with Crippen molar-refractivity contribution < 1.29 is 13.9 Å². The Bertz CT molecular complexity index is 561. The third-order valence-corrected chi connectivity index (χ3v) is 2.44. The Balaban J connectivity index is 2.34. The lowest BCUT2D eigenvalue weighted by Crippen LogP contribution is -2.06. The minimum atomic E-state index is -0.457. The predicted molar refractivity (Wildman–Crippen MR) is 64.2 cm³/mol. The molecule has 1 aromatic carbocycles. The fraction of sp³-hybridized carbons (Fsp3) is 0.231. The van der Waals surface area contributed by atoms with Crippen LogP contribution in [0.15, 0.2) is 30.3 Å². The normalized spacial score (nSPS) is 10.4. The van der Waals surface area contributed by atoms with Gasteiger partial charge in [0.25, 0.3) is 0 Å². The van der Waals surface area contributed by atoms with Gasteiger partial charge in [-0.15, -0.1) is 0 Å². The highest BCUT2D eigenvalue weighted by atomic mass is 19.1. The molecule has 1 heterocycles. The highest BCUT2D eigenvalue weighted by Gasteiger charge is 2.13. The van der Waals surface area contributed by atoms with Gasteiger partial charge in [0.15, 0.2) is 5.69 Å². The Morgan fingerprint density at radius 1 is 1.39 bits per heavy atom. The van der Waals surface area contributed by atoms with E-state index in [0.717, 1.165) is 5.69 Å². The van der Waals surface area contributed by atoms with Gasteiger partial charge in [0.1, 0.15) is 5.82 Å². The molecule has 0 aliphatic carbocycles. The number of carbonyl (C=O) groups is 1. The molecule has 0 aliphatic rings. The van der Waals surface area contributed by atoms with Crippen LogP contribution in [0.1, 0.15) is 23.1 Å². The van der Waals surface area contributed by atoms with Crippen LogP contribution in [-0.2, 0) is 4.74 Å². The fourth-order valence-corrected chi connectivity index (χ4v) is 1.62. The van der Waals surface area contributed by atoms with Gasteiger partial charge >= 0.3 is 5.97 Å². The van der Waals surface area contributed by atoms with Gasteiger partial charge in [-0.3, -0.25) is 0 Å². The zero-order chi connectivity index (χ0) is 13.1. The first-order valence-electron chi connectivity index (χ1n) is 5.61. The molecule has 0 aliphatic heterocycles. The summed E-state index contributed by atoms with van der Waals surface area (Å²) in [5, 5.41) is 4.15. The van der Waals surface area contributed by atoms with Gasteiger partial charge < -0.3 is 4.74 Å². The van der Waals surface area contributed by atoms with Crippen LogP contribution < -0.4 is 0 Å². The van der Waals surface area contributed by atoms with Crippen molar-refractivity contribution in [2.45, 2.75) is 13.8 Å². The SMILES string of the molecule is CCOC(=O)c1cc(C)n(-c2ccc(F)cc2)n1. The Labute approximate surface area is 104 Å². The molecule has 5 heteroatoms. The average molecular weight is 248 g/mol. The second-order valence-corrected chi connectivity index (χ2v) is 3.78. The van der Waals surface area contributed by atoms with Crippen molar-refractivity contribution in [1.29, 1.82) is 0 Å². The van der Waals surface area contributed by atoms with Crippen molar-refractivity contribution >= 4 is 5.97 Å². The van der Waals surface area contributed by atoms with Crippen LogP contribution in [-0.4, -0.2) is 22.4 Å². The maximum absolute atomic E-state index is 12.8. The summed E-state index contributed by atoms with van der Waals surface area (Å²) in [5.41, 5.74) is 1.73. The molecular formula is C13H13FN2O2. The molecule has 0 spiro atoms. The van der Waals surface area contributed by atoms with Crippen molar-refractivity contribution in [3.8, 4) is 5.69 Å². The van der Waals surface area contributed by atoms with Crippen LogP contribution in [0.25, 0.3) is 5.69 Å². The first-order chi connectivity index (χ1) is 8.61. The van der Waals surface area contributed by atoms with E-state index >= 15 is 0 Å². The lowest BCUT2D eigenvalue weighted by atomic mass is 10.3. The Morgan fingerprint density at radius 2 is 2.06 bits per heavy atom. The number of halogens is 1. The largest absolute Gasteiger partial charge is 0.461 e. The highest BCUT2D eigenvalue weighted by molar-refractivity contribution is 5.87. The van der Waals surface area contributed by atoms with Gasteiger partial charge in [-0.2, -0.15) is 5.10 Å². The molecule has 18 heavy (non-hydrogen) atoms. The zero-order valence-corrected chi connectivity index (χ0v) is 10.2.